The van der Waals surface area contributed by atoms with Gasteiger partial charge in [0.2, 0.25) is 0 Å². The van der Waals surface area contributed by atoms with E-state index in [-0.39, 0.29) is 18.6 Å². The summed E-state index contributed by atoms with van der Waals surface area (Å²) >= 11 is 7.30. The largest absolute Gasteiger partial charge is 0.442 e. The van der Waals surface area contributed by atoms with E-state index in [2.05, 4.69) is 5.32 Å². The molecule has 1 unspecified atom stereocenters. The molecule has 0 aliphatic carbocycles. The SMILES string of the molecule is O=C(NCC1CN(c2cccc(Cl)c2)C(=O)O1)c1cccs1. The maximum Gasteiger partial charge on any atom is 0.414 e. The fourth-order valence-corrected chi connectivity index (χ4v) is 3.01. The van der Waals surface area contributed by atoms with Gasteiger partial charge in [0.25, 0.3) is 5.91 Å². The van der Waals surface area contributed by atoms with Gasteiger partial charge in [0.15, 0.2) is 0 Å². The van der Waals surface area contributed by atoms with Crippen LogP contribution in [0, 0.1) is 0 Å². The van der Waals surface area contributed by atoms with Crippen molar-refractivity contribution in [2.24, 2.45) is 0 Å². The molecule has 114 valence electrons. The van der Waals surface area contributed by atoms with E-state index < -0.39 is 6.09 Å². The molecule has 1 aliphatic rings. The van der Waals surface area contributed by atoms with Crippen molar-refractivity contribution >= 4 is 40.6 Å². The Hall–Kier alpha value is -2.05. The highest BCUT2D eigenvalue weighted by atomic mass is 35.5. The standard InChI is InChI=1S/C15H13ClN2O3S/c16-10-3-1-4-11(7-10)18-9-12(21-15(18)20)8-17-14(19)13-5-2-6-22-13/h1-7,12H,8-9H2,(H,17,19). The molecule has 1 saturated heterocycles. The van der Waals surface area contributed by atoms with Crippen molar-refractivity contribution in [3.63, 3.8) is 0 Å². The van der Waals surface area contributed by atoms with Crippen molar-refractivity contribution in [3.05, 3.63) is 51.7 Å². The van der Waals surface area contributed by atoms with Crippen molar-refractivity contribution in [1.29, 1.82) is 0 Å². The molecule has 1 aromatic heterocycles. The summed E-state index contributed by atoms with van der Waals surface area (Å²) in [6.07, 6.45) is -0.812. The molecule has 2 heterocycles. The normalized spacial score (nSPS) is 17.4. The lowest BCUT2D eigenvalue weighted by atomic mass is 10.2. The Bertz CT molecular complexity index is 690. The molecule has 2 aromatic rings. The van der Waals surface area contributed by atoms with Crippen LogP contribution in [-0.4, -0.2) is 31.2 Å². The highest BCUT2D eigenvalue weighted by Gasteiger charge is 2.32. The van der Waals surface area contributed by atoms with E-state index in [0.717, 1.165) is 0 Å². The number of hydrogen-bond acceptors (Lipinski definition) is 4. The van der Waals surface area contributed by atoms with Gasteiger partial charge in [0.1, 0.15) is 6.10 Å². The number of nitrogens with one attached hydrogen (secondary N) is 1. The van der Waals surface area contributed by atoms with Crippen LogP contribution in [-0.2, 0) is 4.74 Å². The number of amides is 2. The first-order valence-corrected chi connectivity index (χ1v) is 7.94. The summed E-state index contributed by atoms with van der Waals surface area (Å²) < 4.78 is 5.27. The molecular formula is C15H13ClN2O3S. The Labute approximate surface area is 136 Å². The van der Waals surface area contributed by atoms with Gasteiger partial charge in [-0.05, 0) is 29.6 Å². The molecule has 2 amide bonds. The summed E-state index contributed by atoms with van der Waals surface area (Å²) in [5.41, 5.74) is 0.685. The van der Waals surface area contributed by atoms with Crippen LogP contribution in [0.25, 0.3) is 0 Å². The average Bonchev–Trinajstić information content (AvgIpc) is 3.14. The van der Waals surface area contributed by atoms with Gasteiger partial charge in [-0.1, -0.05) is 23.7 Å². The number of ether oxygens (including phenoxy) is 1. The van der Waals surface area contributed by atoms with Gasteiger partial charge in [0.05, 0.1) is 18.0 Å². The smallest absolute Gasteiger partial charge is 0.414 e. The Morgan fingerprint density at radius 3 is 3.00 bits per heavy atom. The fraction of sp³-hybridized carbons (Fsp3) is 0.200. The summed E-state index contributed by atoms with van der Waals surface area (Å²) in [6.45, 7) is 0.656. The van der Waals surface area contributed by atoms with Crippen LogP contribution in [0.3, 0.4) is 0 Å². The number of halogens is 1. The van der Waals surface area contributed by atoms with Crippen LogP contribution in [0.4, 0.5) is 10.5 Å². The number of carbonyl (C=O) groups is 2. The molecule has 1 atom stereocenters. The molecule has 1 aliphatic heterocycles. The molecule has 0 bridgehead atoms. The van der Waals surface area contributed by atoms with Crippen molar-refractivity contribution < 1.29 is 14.3 Å². The Morgan fingerprint density at radius 1 is 1.41 bits per heavy atom. The lowest BCUT2D eigenvalue weighted by Crippen LogP contribution is -2.34. The van der Waals surface area contributed by atoms with Crippen LogP contribution in [0.1, 0.15) is 9.67 Å². The van der Waals surface area contributed by atoms with Crippen LogP contribution in [0.15, 0.2) is 41.8 Å². The van der Waals surface area contributed by atoms with Gasteiger partial charge in [-0.15, -0.1) is 11.3 Å². The van der Waals surface area contributed by atoms with E-state index in [9.17, 15) is 9.59 Å². The number of hydrogen-bond donors (Lipinski definition) is 1. The number of anilines is 1. The van der Waals surface area contributed by atoms with E-state index in [0.29, 0.717) is 22.1 Å². The highest BCUT2D eigenvalue weighted by Crippen LogP contribution is 2.24. The van der Waals surface area contributed by atoms with Crippen LogP contribution < -0.4 is 10.2 Å². The van der Waals surface area contributed by atoms with Crippen LogP contribution in [0.5, 0.6) is 0 Å². The second-order valence-corrected chi connectivity index (χ2v) is 6.17. The van der Waals surface area contributed by atoms with Gasteiger partial charge in [-0.25, -0.2) is 4.79 Å². The Kier molecular flexibility index (Phi) is 4.31. The molecule has 22 heavy (non-hydrogen) atoms. The zero-order valence-corrected chi connectivity index (χ0v) is 13.1. The summed E-state index contributed by atoms with van der Waals surface area (Å²) in [7, 11) is 0. The fourth-order valence-electron chi connectivity index (χ4n) is 2.18. The maximum atomic E-state index is 11.9. The topological polar surface area (TPSA) is 58.6 Å². The molecule has 3 rings (SSSR count). The average molecular weight is 337 g/mol. The minimum Gasteiger partial charge on any atom is -0.442 e. The molecule has 0 saturated carbocycles. The molecule has 7 heteroatoms. The van der Waals surface area contributed by atoms with E-state index in [1.807, 2.05) is 11.4 Å². The number of rotatable bonds is 4. The van der Waals surface area contributed by atoms with E-state index in [1.54, 1.807) is 30.3 Å². The molecule has 5 nitrogen and oxygen atoms in total. The lowest BCUT2D eigenvalue weighted by Gasteiger charge is -2.13. The Morgan fingerprint density at radius 2 is 2.27 bits per heavy atom. The minimum absolute atomic E-state index is 0.160. The summed E-state index contributed by atoms with van der Waals surface area (Å²) in [4.78, 5) is 25.9. The molecule has 1 fully saturated rings. The molecule has 0 spiro atoms. The van der Waals surface area contributed by atoms with E-state index in [4.69, 9.17) is 16.3 Å². The first-order chi connectivity index (χ1) is 10.6. The zero-order chi connectivity index (χ0) is 15.5. The quantitative estimate of drug-likeness (QED) is 0.933. The highest BCUT2D eigenvalue weighted by molar-refractivity contribution is 7.12. The van der Waals surface area contributed by atoms with E-state index in [1.165, 1.54) is 16.2 Å². The first-order valence-electron chi connectivity index (χ1n) is 6.69. The summed E-state index contributed by atoms with van der Waals surface area (Å²) in [5, 5.41) is 5.17. The van der Waals surface area contributed by atoms with Crippen molar-refractivity contribution in [1.82, 2.24) is 5.32 Å². The third-order valence-corrected chi connectivity index (χ3v) is 4.33. The van der Waals surface area contributed by atoms with Gasteiger partial charge < -0.3 is 10.1 Å². The van der Waals surface area contributed by atoms with Crippen LogP contribution >= 0.6 is 22.9 Å². The maximum absolute atomic E-state index is 11.9. The third kappa shape index (κ3) is 3.23. The van der Waals surface area contributed by atoms with Gasteiger partial charge in [0, 0.05) is 10.7 Å². The van der Waals surface area contributed by atoms with Crippen LogP contribution in [0.2, 0.25) is 5.02 Å². The number of benzene rings is 1. The summed E-state index contributed by atoms with van der Waals surface area (Å²) in [5.74, 6) is -0.160. The Balaban J connectivity index is 1.59. The first kappa shape index (κ1) is 14.9. The van der Waals surface area contributed by atoms with Crippen molar-refractivity contribution in [2.45, 2.75) is 6.10 Å². The number of carbonyl (C=O) groups excluding carboxylic acids is 2. The van der Waals surface area contributed by atoms with Crippen molar-refractivity contribution in [3.8, 4) is 0 Å². The van der Waals surface area contributed by atoms with E-state index >= 15 is 0 Å². The number of nitrogens with zero attached hydrogens (tertiary/aromatic N) is 1. The molecule has 1 aromatic carbocycles. The van der Waals surface area contributed by atoms with Gasteiger partial charge >= 0.3 is 6.09 Å². The predicted molar refractivity (Wildman–Crippen MR) is 85.7 cm³/mol. The number of cyclic esters (lactones) is 1. The lowest BCUT2D eigenvalue weighted by molar-refractivity contribution is 0.0920. The van der Waals surface area contributed by atoms with Gasteiger partial charge in [-0.2, -0.15) is 0 Å². The molecular weight excluding hydrogens is 324 g/mol. The number of thiophene rings is 1. The monoisotopic (exact) mass is 336 g/mol. The zero-order valence-electron chi connectivity index (χ0n) is 11.5. The third-order valence-electron chi connectivity index (χ3n) is 3.23. The van der Waals surface area contributed by atoms with Gasteiger partial charge in [-0.3, -0.25) is 9.69 Å². The summed E-state index contributed by atoms with van der Waals surface area (Å²) in [6, 6.07) is 10.6. The second-order valence-electron chi connectivity index (χ2n) is 4.78. The molecule has 0 radical (unpaired) electrons. The predicted octanol–water partition coefficient (Wildman–Crippen LogP) is 3.16. The molecule has 1 N–H and O–H groups in total. The minimum atomic E-state index is -0.433. The second kappa shape index (κ2) is 6.37. The van der Waals surface area contributed by atoms with Crippen molar-refractivity contribution in [2.75, 3.05) is 18.0 Å².